The molecular weight excluding hydrogens is 234 g/mol. The number of carbonyl (C=O) groups is 3. The molecule has 1 heterocycles. The van der Waals surface area contributed by atoms with Crippen LogP contribution in [0, 0.1) is 0 Å². The number of carbonyl (C=O) groups excluding carboxylic acids is 3. The van der Waals surface area contributed by atoms with Gasteiger partial charge in [-0.1, -0.05) is 6.07 Å². The molecule has 4 amide bonds. The van der Waals surface area contributed by atoms with Gasteiger partial charge in [0.2, 0.25) is 5.91 Å². The Morgan fingerprint density at radius 2 is 2.00 bits per heavy atom. The number of primary amides is 1. The average molecular weight is 247 g/mol. The van der Waals surface area contributed by atoms with Crippen LogP contribution in [0.2, 0.25) is 0 Å². The van der Waals surface area contributed by atoms with Crippen molar-refractivity contribution in [2.24, 2.45) is 5.73 Å². The molecule has 0 aliphatic carbocycles. The third-order valence-corrected chi connectivity index (χ3v) is 3.00. The topological polar surface area (TPSA) is 101 Å². The van der Waals surface area contributed by atoms with Gasteiger partial charge in [0, 0.05) is 11.3 Å². The van der Waals surface area contributed by atoms with E-state index in [-0.39, 0.29) is 5.91 Å². The highest BCUT2D eigenvalue weighted by Gasteiger charge is 2.39. The van der Waals surface area contributed by atoms with Crippen LogP contribution in [0.25, 0.3) is 0 Å². The van der Waals surface area contributed by atoms with Crippen molar-refractivity contribution >= 4 is 23.5 Å². The van der Waals surface area contributed by atoms with Crippen LogP contribution in [0.1, 0.15) is 29.8 Å². The summed E-state index contributed by atoms with van der Waals surface area (Å²) < 4.78 is 0. The van der Waals surface area contributed by atoms with Crippen molar-refractivity contribution < 1.29 is 14.4 Å². The molecule has 1 aromatic rings. The molecule has 0 spiro atoms. The quantitative estimate of drug-likeness (QED) is 0.637. The third kappa shape index (κ3) is 1.81. The van der Waals surface area contributed by atoms with E-state index in [4.69, 9.17) is 5.73 Å². The van der Waals surface area contributed by atoms with Gasteiger partial charge >= 0.3 is 6.03 Å². The van der Waals surface area contributed by atoms with E-state index >= 15 is 0 Å². The van der Waals surface area contributed by atoms with E-state index in [1.54, 1.807) is 26.0 Å². The van der Waals surface area contributed by atoms with Crippen LogP contribution in [-0.2, 0) is 10.2 Å². The molecule has 0 unspecified atom stereocenters. The summed E-state index contributed by atoms with van der Waals surface area (Å²) in [5, 5.41) is 4.67. The van der Waals surface area contributed by atoms with E-state index in [0.29, 0.717) is 16.8 Å². The maximum atomic E-state index is 11.7. The third-order valence-electron chi connectivity index (χ3n) is 3.00. The van der Waals surface area contributed by atoms with Gasteiger partial charge in [-0.2, -0.15) is 0 Å². The first-order chi connectivity index (χ1) is 8.32. The first-order valence-corrected chi connectivity index (χ1v) is 5.39. The van der Waals surface area contributed by atoms with Gasteiger partial charge in [-0.15, -0.1) is 0 Å². The lowest BCUT2D eigenvalue weighted by atomic mass is 9.78. The molecule has 2 rings (SSSR count). The highest BCUT2D eigenvalue weighted by Crippen LogP contribution is 2.31. The lowest BCUT2D eigenvalue weighted by Crippen LogP contribution is -2.48. The predicted molar refractivity (Wildman–Crippen MR) is 65.1 cm³/mol. The van der Waals surface area contributed by atoms with Crippen LogP contribution in [0.3, 0.4) is 0 Å². The Hall–Kier alpha value is -2.37. The predicted octanol–water partition coefficient (Wildman–Crippen LogP) is 0.725. The lowest BCUT2D eigenvalue weighted by molar-refractivity contribution is -0.125. The Bertz CT molecular complexity index is 564. The monoisotopic (exact) mass is 247 g/mol. The van der Waals surface area contributed by atoms with Gasteiger partial charge in [-0.3, -0.25) is 14.9 Å². The van der Waals surface area contributed by atoms with E-state index < -0.39 is 17.4 Å². The van der Waals surface area contributed by atoms with Gasteiger partial charge in [-0.05, 0) is 31.5 Å². The van der Waals surface area contributed by atoms with Gasteiger partial charge in [0.25, 0.3) is 5.91 Å². The summed E-state index contributed by atoms with van der Waals surface area (Å²) in [6.07, 6.45) is 0. The number of amides is 4. The summed E-state index contributed by atoms with van der Waals surface area (Å²) in [6.45, 7) is 3.46. The Labute approximate surface area is 104 Å². The van der Waals surface area contributed by atoms with E-state index in [2.05, 4.69) is 10.6 Å². The van der Waals surface area contributed by atoms with E-state index in [9.17, 15) is 14.4 Å². The average Bonchev–Trinajstić information content (AvgIpc) is 2.26. The summed E-state index contributed by atoms with van der Waals surface area (Å²) >= 11 is 0. The van der Waals surface area contributed by atoms with E-state index in [1.165, 1.54) is 6.07 Å². The molecular formula is C12H13N3O3. The number of urea groups is 1. The van der Waals surface area contributed by atoms with Gasteiger partial charge < -0.3 is 11.1 Å². The fourth-order valence-electron chi connectivity index (χ4n) is 1.95. The van der Waals surface area contributed by atoms with Crippen molar-refractivity contribution in [3.8, 4) is 0 Å². The molecule has 1 aliphatic rings. The minimum atomic E-state index is -0.783. The van der Waals surface area contributed by atoms with Gasteiger partial charge in [0.15, 0.2) is 0 Å². The Morgan fingerprint density at radius 1 is 1.33 bits per heavy atom. The van der Waals surface area contributed by atoms with Crippen molar-refractivity contribution in [2.75, 3.05) is 5.32 Å². The molecule has 0 radical (unpaired) electrons. The molecule has 1 aromatic carbocycles. The molecule has 4 N–H and O–H groups in total. The van der Waals surface area contributed by atoms with E-state index in [1.807, 2.05) is 0 Å². The Kier molecular flexibility index (Phi) is 2.58. The summed E-state index contributed by atoms with van der Waals surface area (Å²) in [6, 6.07) is 4.06. The van der Waals surface area contributed by atoms with Crippen molar-refractivity contribution in [1.82, 2.24) is 5.32 Å². The van der Waals surface area contributed by atoms with Crippen molar-refractivity contribution in [1.29, 1.82) is 0 Å². The van der Waals surface area contributed by atoms with E-state index in [0.717, 1.165) is 0 Å². The fourth-order valence-corrected chi connectivity index (χ4v) is 1.95. The Balaban J connectivity index is 2.53. The lowest BCUT2D eigenvalue weighted by Gasteiger charge is -2.30. The standard InChI is InChI=1S/C12H13N3O3/c1-12(2)8-4-3-6(14-11(13)18)5-7(8)9(16)15-10(12)17/h3-5H,1-2H3,(H3,13,14,18)(H,15,16,17). The molecule has 18 heavy (non-hydrogen) atoms. The van der Waals surface area contributed by atoms with Gasteiger partial charge in [0.1, 0.15) is 0 Å². The first kappa shape index (κ1) is 12.1. The number of rotatable bonds is 1. The minimum absolute atomic E-state index is 0.337. The molecule has 0 aromatic heterocycles. The largest absolute Gasteiger partial charge is 0.351 e. The SMILES string of the molecule is CC1(C)C(=O)NC(=O)c2cc(NC(N)=O)ccc21. The van der Waals surface area contributed by atoms with Crippen LogP contribution in [0.4, 0.5) is 10.5 Å². The van der Waals surface area contributed by atoms with Crippen LogP contribution >= 0.6 is 0 Å². The molecule has 0 bridgehead atoms. The van der Waals surface area contributed by atoms with Gasteiger partial charge in [-0.25, -0.2) is 4.79 Å². The van der Waals surface area contributed by atoms with Crippen LogP contribution in [0.5, 0.6) is 0 Å². The highest BCUT2D eigenvalue weighted by molar-refractivity contribution is 6.13. The zero-order valence-corrected chi connectivity index (χ0v) is 10.0. The summed E-state index contributed by atoms with van der Waals surface area (Å²) in [4.78, 5) is 34.2. The zero-order valence-electron chi connectivity index (χ0n) is 10.0. The van der Waals surface area contributed by atoms with Gasteiger partial charge in [0.05, 0.1) is 5.41 Å². The molecule has 0 saturated carbocycles. The summed E-state index contributed by atoms with van der Waals surface area (Å²) in [7, 11) is 0. The highest BCUT2D eigenvalue weighted by atomic mass is 16.2. The number of fused-ring (bicyclic) bond motifs is 1. The smallest absolute Gasteiger partial charge is 0.316 e. The van der Waals surface area contributed by atoms with Crippen molar-refractivity contribution in [2.45, 2.75) is 19.3 Å². The molecule has 0 fully saturated rings. The maximum Gasteiger partial charge on any atom is 0.316 e. The summed E-state index contributed by atoms with van der Waals surface area (Å²) in [5.41, 5.74) is 5.64. The van der Waals surface area contributed by atoms with Crippen LogP contribution in [0.15, 0.2) is 18.2 Å². The number of hydrogen-bond acceptors (Lipinski definition) is 3. The van der Waals surface area contributed by atoms with Crippen molar-refractivity contribution in [3.63, 3.8) is 0 Å². The molecule has 1 aliphatic heterocycles. The first-order valence-electron chi connectivity index (χ1n) is 5.39. The number of imide groups is 1. The molecule has 0 atom stereocenters. The Morgan fingerprint density at radius 3 is 2.61 bits per heavy atom. The van der Waals surface area contributed by atoms with Crippen LogP contribution in [-0.4, -0.2) is 17.8 Å². The number of hydrogen-bond donors (Lipinski definition) is 3. The summed E-state index contributed by atoms with van der Waals surface area (Å²) in [5.74, 6) is -0.807. The molecule has 94 valence electrons. The molecule has 6 heteroatoms. The number of anilines is 1. The minimum Gasteiger partial charge on any atom is -0.351 e. The maximum absolute atomic E-state index is 11.7. The zero-order chi connectivity index (χ0) is 13.5. The second-order valence-corrected chi connectivity index (χ2v) is 4.66. The number of nitrogens with one attached hydrogen (secondary N) is 2. The molecule has 6 nitrogen and oxygen atoms in total. The normalized spacial score (nSPS) is 16.8. The second kappa shape index (κ2) is 3.83. The molecule has 0 saturated heterocycles. The number of benzene rings is 1. The second-order valence-electron chi connectivity index (χ2n) is 4.66. The fraction of sp³-hybridized carbons (Fsp3) is 0.250. The van der Waals surface area contributed by atoms with Crippen LogP contribution < -0.4 is 16.4 Å². The number of nitrogens with two attached hydrogens (primary N) is 1. The van der Waals surface area contributed by atoms with Crippen molar-refractivity contribution in [3.05, 3.63) is 29.3 Å².